The van der Waals surface area contributed by atoms with Gasteiger partial charge in [-0.1, -0.05) is 0 Å². The fourth-order valence-corrected chi connectivity index (χ4v) is 1.11. The van der Waals surface area contributed by atoms with Crippen molar-refractivity contribution < 1.29 is 0 Å². The van der Waals surface area contributed by atoms with E-state index in [-0.39, 0.29) is 5.54 Å². The van der Waals surface area contributed by atoms with Gasteiger partial charge in [0.05, 0.1) is 0 Å². The summed E-state index contributed by atoms with van der Waals surface area (Å²) in [7, 11) is 0. The van der Waals surface area contributed by atoms with E-state index >= 15 is 0 Å². The van der Waals surface area contributed by atoms with Gasteiger partial charge in [0, 0.05) is 17.9 Å². The maximum Gasteiger partial charge on any atom is 0.182 e. The van der Waals surface area contributed by atoms with Crippen LogP contribution in [0.3, 0.4) is 0 Å². The molecule has 4 nitrogen and oxygen atoms in total. The van der Waals surface area contributed by atoms with E-state index in [0.717, 1.165) is 12.8 Å². The van der Waals surface area contributed by atoms with Gasteiger partial charge in [0.15, 0.2) is 11.5 Å². The van der Waals surface area contributed by atoms with Crippen LogP contribution in [0.15, 0.2) is 12.4 Å². The molecule has 1 aromatic heterocycles. The molecule has 4 heteroatoms. The summed E-state index contributed by atoms with van der Waals surface area (Å²) in [5.41, 5.74) is 0.511. The van der Waals surface area contributed by atoms with Gasteiger partial charge in [0.1, 0.15) is 6.07 Å². The predicted molar refractivity (Wildman–Crippen MR) is 48.0 cm³/mol. The molecule has 13 heavy (non-hydrogen) atoms. The summed E-state index contributed by atoms with van der Waals surface area (Å²) in [6.45, 7) is 2.11. The van der Waals surface area contributed by atoms with E-state index in [1.54, 1.807) is 6.20 Å². The van der Waals surface area contributed by atoms with Crippen molar-refractivity contribution in [3.8, 4) is 6.07 Å². The van der Waals surface area contributed by atoms with Crippen molar-refractivity contribution in [3.05, 3.63) is 18.1 Å². The SMILES string of the molecule is CC1(Nc2nccnc2C#N)CC1. The Morgan fingerprint density at radius 2 is 2.15 bits per heavy atom. The van der Waals surface area contributed by atoms with Gasteiger partial charge >= 0.3 is 0 Å². The summed E-state index contributed by atoms with van der Waals surface area (Å²) < 4.78 is 0. The van der Waals surface area contributed by atoms with Crippen LogP contribution in [0.1, 0.15) is 25.5 Å². The van der Waals surface area contributed by atoms with Gasteiger partial charge < -0.3 is 5.32 Å². The third-order valence-corrected chi connectivity index (χ3v) is 2.22. The number of hydrogen-bond acceptors (Lipinski definition) is 4. The zero-order chi connectivity index (χ0) is 9.31. The summed E-state index contributed by atoms with van der Waals surface area (Å²) in [6.07, 6.45) is 5.39. The molecular weight excluding hydrogens is 164 g/mol. The van der Waals surface area contributed by atoms with Crippen LogP contribution >= 0.6 is 0 Å². The summed E-state index contributed by atoms with van der Waals surface area (Å²) in [5.74, 6) is 0.602. The standard InChI is InChI=1S/C9H10N4/c1-9(2-3-9)13-8-7(6-10)11-4-5-12-8/h4-5H,2-3H2,1H3,(H,12,13). The first-order chi connectivity index (χ1) is 6.23. The Morgan fingerprint density at radius 3 is 2.77 bits per heavy atom. The zero-order valence-electron chi connectivity index (χ0n) is 7.41. The first-order valence-electron chi connectivity index (χ1n) is 4.23. The molecule has 0 atom stereocenters. The van der Waals surface area contributed by atoms with Crippen LogP contribution in [0.25, 0.3) is 0 Å². The van der Waals surface area contributed by atoms with Crippen molar-refractivity contribution in [3.63, 3.8) is 0 Å². The molecule has 0 unspecified atom stereocenters. The van der Waals surface area contributed by atoms with Crippen molar-refractivity contribution in [2.75, 3.05) is 5.32 Å². The number of nitrogens with zero attached hydrogens (tertiary/aromatic N) is 3. The number of hydrogen-bond donors (Lipinski definition) is 1. The molecule has 1 saturated carbocycles. The second kappa shape index (κ2) is 2.70. The Morgan fingerprint density at radius 1 is 1.46 bits per heavy atom. The first kappa shape index (κ1) is 7.99. The Bertz CT molecular complexity index is 362. The summed E-state index contributed by atoms with van der Waals surface area (Å²) in [5, 5.41) is 12.0. The Labute approximate surface area is 76.6 Å². The average Bonchev–Trinajstić information content (AvgIpc) is 2.84. The molecular formula is C9H10N4. The summed E-state index contributed by atoms with van der Waals surface area (Å²) in [4.78, 5) is 8.00. The van der Waals surface area contributed by atoms with E-state index in [4.69, 9.17) is 5.26 Å². The minimum absolute atomic E-state index is 0.141. The highest BCUT2D eigenvalue weighted by Crippen LogP contribution is 2.37. The topological polar surface area (TPSA) is 61.6 Å². The number of aromatic nitrogens is 2. The van der Waals surface area contributed by atoms with Crippen molar-refractivity contribution in [2.45, 2.75) is 25.3 Å². The third-order valence-electron chi connectivity index (χ3n) is 2.22. The highest BCUT2D eigenvalue weighted by molar-refractivity contribution is 5.49. The van der Waals surface area contributed by atoms with Gasteiger partial charge in [0.25, 0.3) is 0 Å². The van der Waals surface area contributed by atoms with Crippen molar-refractivity contribution in [1.29, 1.82) is 5.26 Å². The van der Waals surface area contributed by atoms with Crippen LogP contribution in [0.5, 0.6) is 0 Å². The van der Waals surface area contributed by atoms with E-state index in [1.165, 1.54) is 6.20 Å². The van der Waals surface area contributed by atoms with E-state index in [0.29, 0.717) is 11.5 Å². The fraction of sp³-hybridized carbons (Fsp3) is 0.444. The van der Waals surface area contributed by atoms with Gasteiger partial charge in [-0.15, -0.1) is 0 Å². The van der Waals surface area contributed by atoms with Crippen LogP contribution in [-0.2, 0) is 0 Å². The lowest BCUT2D eigenvalue weighted by Gasteiger charge is -2.11. The van der Waals surface area contributed by atoms with Crippen LogP contribution in [0.4, 0.5) is 5.82 Å². The first-order valence-corrected chi connectivity index (χ1v) is 4.23. The van der Waals surface area contributed by atoms with Gasteiger partial charge in [-0.05, 0) is 19.8 Å². The predicted octanol–water partition coefficient (Wildman–Crippen LogP) is 1.31. The molecule has 0 radical (unpaired) electrons. The number of rotatable bonds is 2. The second-order valence-electron chi connectivity index (χ2n) is 3.55. The van der Waals surface area contributed by atoms with Crippen molar-refractivity contribution in [2.24, 2.45) is 0 Å². The lowest BCUT2D eigenvalue weighted by Crippen LogP contribution is -2.18. The maximum absolute atomic E-state index is 8.74. The molecule has 0 spiro atoms. The van der Waals surface area contributed by atoms with Gasteiger partial charge in [-0.3, -0.25) is 0 Å². The second-order valence-corrected chi connectivity index (χ2v) is 3.55. The van der Waals surface area contributed by atoms with Gasteiger partial charge in [-0.2, -0.15) is 5.26 Å². The molecule has 1 aliphatic carbocycles. The average molecular weight is 174 g/mol. The highest BCUT2D eigenvalue weighted by atomic mass is 15.1. The summed E-state index contributed by atoms with van der Waals surface area (Å²) >= 11 is 0. The van der Waals surface area contributed by atoms with E-state index in [9.17, 15) is 0 Å². The molecule has 2 rings (SSSR count). The number of anilines is 1. The summed E-state index contributed by atoms with van der Waals surface area (Å²) in [6, 6.07) is 2.01. The number of nitriles is 1. The largest absolute Gasteiger partial charge is 0.362 e. The zero-order valence-corrected chi connectivity index (χ0v) is 7.41. The number of nitrogens with one attached hydrogen (secondary N) is 1. The Balaban J connectivity index is 2.25. The van der Waals surface area contributed by atoms with E-state index in [1.807, 2.05) is 6.07 Å². The van der Waals surface area contributed by atoms with Crippen molar-refractivity contribution in [1.82, 2.24) is 9.97 Å². The van der Waals surface area contributed by atoms with Gasteiger partial charge in [0.2, 0.25) is 0 Å². The molecule has 1 heterocycles. The van der Waals surface area contributed by atoms with Crippen LogP contribution in [-0.4, -0.2) is 15.5 Å². The molecule has 1 N–H and O–H groups in total. The minimum Gasteiger partial charge on any atom is -0.362 e. The highest BCUT2D eigenvalue weighted by Gasteiger charge is 2.38. The molecule has 0 aromatic carbocycles. The normalized spacial score (nSPS) is 17.5. The molecule has 0 aliphatic heterocycles. The fourth-order valence-electron chi connectivity index (χ4n) is 1.11. The lowest BCUT2D eigenvalue weighted by molar-refractivity contribution is 0.817. The smallest absolute Gasteiger partial charge is 0.182 e. The Kier molecular flexibility index (Phi) is 1.66. The van der Waals surface area contributed by atoms with Crippen LogP contribution < -0.4 is 5.32 Å². The van der Waals surface area contributed by atoms with Crippen LogP contribution in [0, 0.1) is 11.3 Å². The van der Waals surface area contributed by atoms with E-state index < -0.39 is 0 Å². The lowest BCUT2D eigenvalue weighted by atomic mass is 10.3. The Hall–Kier alpha value is -1.63. The molecule has 0 amide bonds. The van der Waals surface area contributed by atoms with E-state index in [2.05, 4.69) is 22.2 Å². The minimum atomic E-state index is 0.141. The quantitative estimate of drug-likeness (QED) is 0.734. The third kappa shape index (κ3) is 1.59. The molecule has 1 aromatic rings. The molecule has 1 aliphatic rings. The van der Waals surface area contributed by atoms with Gasteiger partial charge in [-0.25, -0.2) is 9.97 Å². The van der Waals surface area contributed by atoms with Crippen LogP contribution in [0.2, 0.25) is 0 Å². The molecule has 0 bridgehead atoms. The molecule has 66 valence electrons. The maximum atomic E-state index is 8.74. The molecule has 0 saturated heterocycles. The monoisotopic (exact) mass is 174 g/mol. The van der Waals surface area contributed by atoms with Crippen molar-refractivity contribution >= 4 is 5.82 Å². The molecule has 1 fully saturated rings.